The second-order valence-corrected chi connectivity index (χ2v) is 5.61. The number of rotatable bonds is 3. The molecule has 0 saturated carbocycles. The summed E-state index contributed by atoms with van der Waals surface area (Å²) in [7, 11) is 3.23. The second kappa shape index (κ2) is 5.07. The van der Waals surface area contributed by atoms with E-state index in [9.17, 15) is 0 Å². The van der Waals surface area contributed by atoms with E-state index in [1.165, 1.54) is 0 Å². The molecular formula is C15H21N3O2. The minimum atomic E-state index is -0.108. The predicted molar refractivity (Wildman–Crippen MR) is 80.2 cm³/mol. The van der Waals surface area contributed by atoms with Crippen molar-refractivity contribution < 1.29 is 9.47 Å². The first-order valence-electron chi connectivity index (χ1n) is 6.45. The highest BCUT2D eigenvalue weighted by Gasteiger charge is 2.18. The first-order valence-corrected chi connectivity index (χ1v) is 6.45. The third-order valence-corrected chi connectivity index (χ3v) is 3.12. The monoisotopic (exact) mass is 275 g/mol. The van der Waals surface area contributed by atoms with Crippen LogP contribution in [-0.4, -0.2) is 24.0 Å². The van der Waals surface area contributed by atoms with Crippen molar-refractivity contribution in [2.24, 2.45) is 0 Å². The highest BCUT2D eigenvalue weighted by molar-refractivity contribution is 5.75. The standard InChI is InChI=1S/C15H21N3O2/c1-15(2,3)18-9-11(14(16)17-18)10-6-7-12(19-4)13(8-10)20-5/h6-9H,1-5H3,(H2,16,17). The Labute approximate surface area is 119 Å². The summed E-state index contributed by atoms with van der Waals surface area (Å²) in [6, 6.07) is 5.71. The van der Waals surface area contributed by atoms with Gasteiger partial charge in [0.1, 0.15) is 0 Å². The zero-order valence-corrected chi connectivity index (χ0v) is 12.6. The van der Waals surface area contributed by atoms with E-state index in [1.54, 1.807) is 14.2 Å². The van der Waals surface area contributed by atoms with Crippen molar-refractivity contribution in [1.29, 1.82) is 0 Å². The molecule has 0 amide bonds. The fraction of sp³-hybridized carbons (Fsp3) is 0.400. The summed E-state index contributed by atoms with van der Waals surface area (Å²) in [6.07, 6.45) is 1.95. The van der Waals surface area contributed by atoms with Crippen LogP contribution >= 0.6 is 0 Å². The van der Waals surface area contributed by atoms with E-state index in [4.69, 9.17) is 15.2 Å². The van der Waals surface area contributed by atoms with E-state index in [0.29, 0.717) is 17.3 Å². The molecule has 0 bridgehead atoms. The first-order chi connectivity index (χ1) is 9.36. The van der Waals surface area contributed by atoms with E-state index in [0.717, 1.165) is 11.1 Å². The molecule has 20 heavy (non-hydrogen) atoms. The van der Waals surface area contributed by atoms with Crippen molar-refractivity contribution in [3.05, 3.63) is 24.4 Å². The quantitative estimate of drug-likeness (QED) is 0.935. The van der Waals surface area contributed by atoms with Gasteiger partial charge in [-0.2, -0.15) is 5.10 Å². The summed E-state index contributed by atoms with van der Waals surface area (Å²) in [5.74, 6) is 1.87. The lowest BCUT2D eigenvalue weighted by atomic mass is 10.1. The van der Waals surface area contributed by atoms with Gasteiger partial charge in [0.25, 0.3) is 0 Å². The number of nitrogens with zero attached hydrogens (tertiary/aromatic N) is 2. The number of anilines is 1. The van der Waals surface area contributed by atoms with Crippen LogP contribution in [0.25, 0.3) is 11.1 Å². The molecule has 0 unspecified atom stereocenters. The molecule has 5 nitrogen and oxygen atoms in total. The average Bonchev–Trinajstić information content (AvgIpc) is 2.80. The van der Waals surface area contributed by atoms with E-state index in [1.807, 2.05) is 29.1 Å². The SMILES string of the molecule is COc1ccc(-c2cn(C(C)(C)C)nc2N)cc1OC. The number of nitrogens with two attached hydrogens (primary N) is 1. The first kappa shape index (κ1) is 14.2. The molecule has 2 N–H and O–H groups in total. The number of benzene rings is 1. The molecule has 0 fully saturated rings. The van der Waals surface area contributed by atoms with Crippen molar-refractivity contribution in [2.75, 3.05) is 20.0 Å². The van der Waals surface area contributed by atoms with Gasteiger partial charge in [-0.1, -0.05) is 6.07 Å². The Bertz CT molecular complexity index is 612. The maximum Gasteiger partial charge on any atom is 0.161 e. The van der Waals surface area contributed by atoms with Crippen molar-refractivity contribution in [3.8, 4) is 22.6 Å². The molecule has 0 spiro atoms. The van der Waals surface area contributed by atoms with E-state index >= 15 is 0 Å². The van der Waals surface area contributed by atoms with Crippen molar-refractivity contribution >= 4 is 5.82 Å². The zero-order chi connectivity index (χ0) is 14.9. The van der Waals surface area contributed by atoms with Crippen LogP contribution in [0.1, 0.15) is 20.8 Å². The number of hydrogen-bond donors (Lipinski definition) is 1. The minimum absolute atomic E-state index is 0.108. The topological polar surface area (TPSA) is 62.3 Å². The third kappa shape index (κ3) is 2.57. The van der Waals surface area contributed by atoms with Crippen molar-refractivity contribution in [1.82, 2.24) is 9.78 Å². The highest BCUT2D eigenvalue weighted by Crippen LogP contribution is 2.34. The summed E-state index contributed by atoms with van der Waals surface area (Å²) in [4.78, 5) is 0. The van der Waals surface area contributed by atoms with Gasteiger partial charge in [0.15, 0.2) is 17.3 Å². The molecule has 0 saturated heterocycles. The number of methoxy groups -OCH3 is 2. The van der Waals surface area contributed by atoms with Gasteiger partial charge >= 0.3 is 0 Å². The fourth-order valence-electron chi connectivity index (χ4n) is 1.96. The molecular weight excluding hydrogens is 254 g/mol. The number of aromatic nitrogens is 2. The highest BCUT2D eigenvalue weighted by atomic mass is 16.5. The predicted octanol–water partition coefficient (Wildman–Crippen LogP) is 2.90. The van der Waals surface area contributed by atoms with Crippen LogP contribution in [0.2, 0.25) is 0 Å². The number of ether oxygens (including phenoxy) is 2. The van der Waals surface area contributed by atoms with Gasteiger partial charge < -0.3 is 15.2 Å². The fourth-order valence-corrected chi connectivity index (χ4v) is 1.96. The largest absolute Gasteiger partial charge is 0.493 e. The van der Waals surface area contributed by atoms with Gasteiger partial charge in [0.2, 0.25) is 0 Å². The molecule has 0 atom stereocenters. The van der Waals surface area contributed by atoms with Crippen LogP contribution in [0.3, 0.4) is 0 Å². The number of nitrogen functional groups attached to an aromatic ring is 1. The Morgan fingerprint density at radius 3 is 2.25 bits per heavy atom. The lowest BCUT2D eigenvalue weighted by Crippen LogP contribution is -2.22. The van der Waals surface area contributed by atoms with Crippen LogP contribution in [0.4, 0.5) is 5.82 Å². The van der Waals surface area contributed by atoms with E-state index in [-0.39, 0.29) is 5.54 Å². The molecule has 5 heteroatoms. The van der Waals surface area contributed by atoms with Gasteiger partial charge in [-0.25, -0.2) is 0 Å². The van der Waals surface area contributed by atoms with Gasteiger partial charge in [0.05, 0.1) is 19.8 Å². The summed E-state index contributed by atoms with van der Waals surface area (Å²) >= 11 is 0. The molecule has 1 aromatic carbocycles. The lowest BCUT2D eigenvalue weighted by Gasteiger charge is -2.18. The summed E-state index contributed by atoms with van der Waals surface area (Å²) < 4.78 is 12.4. The summed E-state index contributed by atoms with van der Waals surface area (Å²) in [5.41, 5.74) is 7.76. The van der Waals surface area contributed by atoms with Crippen molar-refractivity contribution in [2.45, 2.75) is 26.3 Å². The molecule has 2 aromatic rings. The molecule has 0 radical (unpaired) electrons. The van der Waals surface area contributed by atoms with Gasteiger partial charge in [-0.3, -0.25) is 4.68 Å². The van der Waals surface area contributed by atoms with Crippen LogP contribution in [0.15, 0.2) is 24.4 Å². The molecule has 1 aromatic heterocycles. The van der Waals surface area contributed by atoms with Gasteiger partial charge in [-0.15, -0.1) is 0 Å². The van der Waals surface area contributed by atoms with Gasteiger partial charge in [0, 0.05) is 11.8 Å². The lowest BCUT2D eigenvalue weighted by molar-refractivity contribution is 0.355. The summed E-state index contributed by atoms with van der Waals surface area (Å²) in [5, 5.41) is 4.38. The molecule has 108 valence electrons. The van der Waals surface area contributed by atoms with Crippen LogP contribution in [-0.2, 0) is 5.54 Å². The molecule has 0 aliphatic rings. The van der Waals surface area contributed by atoms with Crippen LogP contribution in [0.5, 0.6) is 11.5 Å². The second-order valence-electron chi connectivity index (χ2n) is 5.61. The van der Waals surface area contributed by atoms with E-state index < -0.39 is 0 Å². The van der Waals surface area contributed by atoms with Crippen LogP contribution in [0, 0.1) is 0 Å². The smallest absolute Gasteiger partial charge is 0.161 e. The Morgan fingerprint density at radius 2 is 1.75 bits per heavy atom. The Morgan fingerprint density at radius 1 is 1.10 bits per heavy atom. The Balaban J connectivity index is 2.49. The maximum absolute atomic E-state index is 6.03. The summed E-state index contributed by atoms with van der Waals surface area (Å²) in [6.45, 7) is 6.24. The Kier molecular flexibility index (Phi) is 3.61. The molecule has 2 rings (SSSR count). The number of hydrogen-bond acceptors (Lipinski definition) is 4. The normalized spacial score (nSPS) is 11.4. The Hall–Kier alpha value is -2.17. The van der Waals surface area contributed by atoms with Gasteiger partial charge in [-0.05, 0) is 38.5 Å². The average molecular weight is 275 g/mol. The molecule has 1 heterocycles. The van der Waals surface area contributed by atoms with Crippen molar-refractivity contribution in [3.63, 3.8) is 0 Å². The molecule has 0 aliphatic carbocycles. The minimum Gasteiger partial charge on any atom is -0.493 e. The maximum atomic E-state index is 6.03. The zero-order valence-electron chi connectivity index (χ0n) is 12.6. The van der Waals surface area contributed by atoms with Crippen LogP contribution < -0.4 is 15.2 Å². The van der Waals surface area contributed by atoms with E-state index in [2.05, 4.69) is 25.9 Å². The molecule has 0 aliphatic heterocycles. The third-order valence-electron chi connectivity index (χ3n) is 3.12.